The zero-order valence-corrected chi connectivity index (χ0v) is 10.4. The van der Waals surface area contributed by atoms with Crippen molar-refractivity contribution in [1.29, 1.82) is 0 Å². The molecule has 1 aromatic carbocycles. The first-order valence-corrected chi connectivity index (χ1v) is 5.49. The van der Waals surface area contributed by atoms with Gasteiger partial charge in [-0.05, 0) is 24.6 Å². The molecular weight excluding hydrogens is 241 g/mol. The lowest BCUT2D eigenvalue weighted by Crippen LogP contribution is -2.32. The number of hydrogen-bond donors (Lipinski definition) is 2. The van der Waals surface area contributed by atoms with Crippen LogP contribution < -0.4 is 11.1 Å². The van der Waals surface area contributed by atoms with Gasteiger partial charge in [0.15, 0.2) is 5.96 Å². The van der Waals surface area contributed by atoms with Gasteiger partial charge in [-0.25, -0.2) is 9.38 Å². The molecule has 1 rings (SSSR count). The fraction of sp³-hybridized carbons (Fsp3) is 0.250. The predicted octanol–water partition coefficient (Wildman–Crippen LogP) is 2.46. The predicted molar refractivity (Wildman–Crippen MR) is 69.6 cm³/mol. The number of nitrogens with one attached hydrogen (secondary N) is 1. The van der Waals surface area contributed by atoms with Gasteiger partial charge >= 0.3 is 0 Å². The number of hydrogen-bond acceptors (Lipinski definition) is 1. The van der Waals surface area contributed by atoms with Crippen LogP contribution in [0.25, 0.3) is 0 Å². The van der Waals surface area contributed by atoms with E-state index >= 15 is 0 Å². The molecule has 3 nitrogen and oxygen atoms in total. The van der Waals surface area contributed by atoms with E-state index in [0.29, 0.717) is 19.0 Å². The highest BCUT2D eigenvalue weighted by molar-refractivity contribution is 6.30. The van der Waals surface area contributed by atoms with Crippen LogP contribution in [0.5, 0.6) is 0 Å². The largest absolute Gasteiger partial charge is 0.370 e. The minimum absolute atomic E-state index is 0.0890. The Labute approximate surface area is 105 Å². The zero-order valence-electron chi connectivity index (χ0n) is 9.63. The average molecular weight is 256 g/mol. The van der Waals surface area contributed by atoms with Gasteiger partial charge in [0.05, 0.1) is 11.6 Å². The molecule has 0 aliphatic carbocycles. The lowest BCUT2D eigenvalue weighted by atomic mass is 10.2. The van der Waals surface area contributed by atoms with Gasteiger partial charge in [0, 0.05) is 6.54 Å². The van der Waals surface area contributed by atoms with Crippen molar-refractivity contribution in [1.82, 2.24) is 5.32 Å². The number of halogens is 2. The molecule has 1 aromatic rings. The first-order valence-electron chi connectivity index (χ1n) is 5.11. The summed E-state index contributed by atoms with van der Waals surface area (Å²) >= 11 is 5.65. The minimum Gasteiger partial charge on any atom is -0.370 e. The Bertz CT molecular complexity index is 443. The van der Waals surface area contributed by atoms with Crippen molar-refractivity contribution in [2.45, 2.75) is 13.5 Å². The van der Waals surface area contributed by atoms with Gasteiger partial charge < -0.3 is 11.1 Å². The van der Waals surface area contributed by atoms with Gasteiger partial charge in [0.2, 0.25) is 0 Å². The topological polar surface area (TPSA) is 50.4 Å². The van der Waals surface area contributed by atoms with E-state index in [-0.39, 0.29) is 5.02 Å². The molecule has 17 heavy (non-hydrogen) atoms. The van der Waals surface area contributed by atoms with E-state index in [2.05, 4.69) is 16.9 Å². The lowest BCUT2D eigenvalue weighted by Gasteiger charge is -2.05. The average Bonchev–Trinajstić information content (AvgIpc) is 2.28. The lowest BCUT2D eigenvalue weighted by molar-refractivity contribution is 0.627. The van der Waals surface area contributed by atoms with Crippen LogP contribution in [0, 0.1) is 5.82 Å². The number of rotatable bonds is 4. The van der Waals surface area contributed by atoms with E-state index in [1.54, 1.807) is 6.07 Å². The first kappa shape index (κ1) is 13.5. The Morgan fingerprint density at radius 1 is 1.59 bits per heavy atom. The van der Waals surface area contributed by atoms with Gasteiger partial charge in [-0.15, -0.1) is 0 Å². The van der Waals surface area contributed by atoms with Crippen LogP contribution in [-0.4, -0.2) is 12.5 Å². The molecule has 0 bridgehead atoms. The monoisotopic (exact) mass is 255 g/mol. The SMILES string of the molecule is C=C(C)CNC(N)=NCc1ccc(F)c(Cl)c1. The van der Waals surface area contributed by atoms with Crippen LogP contribution in [-0.2, 0) is 6.54 Å². The van der Waals surface area contributed by atoms with Crippen molar-refractivity contribution in [2.24, 2.45) is 10.7 Å². The van der Waals surface area contributed by atoms with Crippen LogP contribution >= 0.6 is 11.6 Å². The molecule has 0 atom stereocenters. The minimum atomic E-state index is -0.437. The van der Waals surface area contributed by atoms with Crippen molar-refractivity contribution < 1.29 is 4.39 Å². The molecule has 3 N–H and O–H groups in total. The Balaban J connectivity index is 2.56. The number of benzene rings is 1. The van der Waals surface area contributed by atoms with Crippen LogP contribution in [0.2, 0.25) is 5.02 Å². The molecule has 0 saturated carbocycles. The fourth-order valence-corrected chi connectivity index (χ4v) is 1.31. The highest BCUT2D eigenvalue weighted by atomic mass is 35.5. The summed E-state index contributed by atoms with van der Waals surface area (Å²) in [6.07, 6.45) is 0. The number of aliphatic imine (C=N–C) groups is 1. The standard InChI is InChI=1S/C12H15ClFN3/c1-8(2)6-16-12(15)17-7-9-3-4-11(14)10(13)5-9/h3-5H,1,6-7H2,2H3,(H3,15,16,17). The first-order chi connectivity index (χ1) is 7.99. The summed E-state index contributed by atoms with van der Waals surface area (Å²) in [6.45, 7) is 6.56. The van der Waals surface area contributed by atoms with Crippen molar-refractivity contribution in [3.8, 4) is 0 Å². The van der Waals surface area contributed by atoms with Gasteiger partial charge in [0.1, 0.15) is 5.82 Å². The summed E-state index contributed by atoms with van der Waals surface area (Å²) in [5.74, 6) is -0.110. The van der Waals surface area contributed by atoms with Crippen molar-refractivity contribution in [3.05, 3.63) is 46.8 Å². The summed E-state index contributed by atoms with van der Waals surface area (Å²) < 4.78 is 12.9. The maximum absolute atomic E-state index is 12.9. The number of nitrogens with zero attached hydrogens (tertiary/aromatic N) is 1. The fourth-order valence-electron chi connectivity index (χ4n) is 1.11. The smallest absolute Gasteiger partial charge is 0.189 e. The highest BCUT2D eigenvalue weighted by Gasteiger charge is 2.00. The van der Waals surface area contributed by atoms with E-state index in [4.69, 9.17) is 17.3 Å². The maximum Gasteiger partial charge on any atom is 0.189 e. The van der Waals surface area contributed by atoms with E-state index in [0.717, 1.165) is 11.1 Å². The van der Waals surface area contributed by atoms with Crippen molar-refractivity contribution >= 4 is 17.6 Å². The molecule has 0 spiro atoms. The summed E-state index contributed by atoms with van der Waals surface area (Å²) in [6, 6.07) is 4.47. The van der Waals surface area contributed by atoms with E-state index in [1.165, 1.54) is 12.1 Å². The summed E-state index contributed by atoms with van der Waals surface area (Å²) in [7, 11) is 0. The Morgan fingerprint density at radius 2 is 2.29 bits per heavy atom. The van der Waals surface area contributed by atoms with Gasteiger partial charge in [-0.2, -0.15) is 0 Å². The van der Waals surface area contributed by atoms with Crippen molar-refractivity contribution in [2.75, 3.05) is 6.54 Å². The molecule has 0 fully saturated rings. The van der Waals surface area contributed by atoms with Gasteiger partial charge in [-0.3, -0.25) is 0 Å². The molecular formula is C12H15ClFN3. The molecule has 0 aliphatic heterocycles. The maximum atomic E-state index is 12.9. The normalized spacial score (nSPS) is 11.4. The summed E-state index contributed by atoms with van der Waals surface area (Å²) in [4.78, 5) is 4.10. The molecule has 0 unspecified atom stereocenters. The zero-order chi connectivity index (χ0) is 12.8. The molecule has 0 saturated heterocycles. The molecule has 0 radical (unpaired) electrons. The highest BCUT2D eigenvalue weighted by Crippen LogP contribution is 2.16. The molecule has 0 aliphatic rings. The van der Waals surface area contributed by atoms with E-state index in [1.807, 2.05) is 6.92 Å². The van der Waals surface area contributed by atoms with E-state index < -0.39 is 5.82 Å². The van der Waals surface area contributed by atoms with Crippen LogP contribution in [0.4, 0.5) is 4.39 Å². The third kappa shape index (κ3) is 4.87. The second kappa shape index (κ2) is 6.25. The summed E-state index contributed by atoms with van der Waals surface area (Å²) in [5, 5.41) is 2.99. The Morgan fingerprint density at radius 3 is 2.88 bits per heavy atom. The molecule has 0 amide bonds. The second-order valence-electron chi connectivity index (χ2n) is 3.76. The molecule has 0 heterocycles. The van der Waals surface area contributed by atoms with Crippen LogP contribution in [0.1, 0.15) is 12.5 Å². The van der Waals surface area contributed by atoms with Gasteiger partial charge in [-0.1, -0.05) is 29.8 Å². The van der Waals surface area contributed by atoms with Crippen LogP contribution in [0.15, 0.2) is 35.3 Å². The van der Waals surface area contributed by atoms with E-state index in [9.17, 15) is 4.39 Å². The Hall–Kier alpha value is -1.55. The molecule has 5 heteroatoms. The summed E-state index contributed by atoms with van der Waals surface area (Å²) in [5.41, 5.74) is 7.40. The Kier molecular flexibility index (Phi) is 4.97. The third-order valence-electron chi connectivity index (χ3n) is 1.99. The quantitative estimate of drug-likeness (QED) is 0.493. The van der Waals surface area contributed by atoms with Crippen molar-refractivity contribution in [3.63, 3.8) is 0 Å². The molecule has 0 aromatic heterocycles. The van der Waals surface area contributed by atoms with Crippen LogP contribution in [0.3, 0.4) is 0 Å². The van der Waals surface area contributed by atoms with Gasteiger partial charge in [0.25, 0.3) is 0 Å². The second-order valence-corrected chi connectivity index (χ2v) is 4.17. The molecule has 92 valence electrons. The number of guanidine groups is 1. The third-order valence-corrected chi connectivity index (χ3v) is 2.28. The number of nitrogens with two attached hydrogens (primary N) is 1.